The summed E-state index contributed by atoms with van der Waals surface area (Å²) in [7, 11) is 0. The quantitative estimate of drug-likeness (QED) is 0.684. The zero-order valence-electron chi connectivity index (χ0n) is 15.8. The molecular weight excluding hydrogens is 390 g/mol. The third-order valence-electron chi connectivity index (χ3n) is 5.40. The molecule has 1 saturated carbocycles. The van der Waals surface area contributed by atoms with Crippen LogP contribution in [0, 0.1) is 5.92 Å². The Labute approximate surface area is 170 Å². The van der Waals surface area contributed by atoms with Crippen molar-refractivity contribution in [2.24, 2.45) is 15.9 Å². The fourth-order valence-corrected chi connectivity index (χ4v) is 4.67. The van der Waals surface area contributed by atoms with Crippen LogP contribution in [-0.2, 0) is 4.79 Å². The molecule has 0 radical (unpaired) electrons. The second-order valence-electron chi connectivity index (χ2n) is 7.28. The van der Waals surface area contributed by atoms with Gasteiger partial charge < -0.3 is 4.42 Å². The van der Waals surface area contributed by atoms with Crippen molar-refractivity contribution < 1.29 is 9.21 Å². The number of benzene rings is 1. The molecule has 1 amide bonds. The average molecular weight is 409 g/mol. The van der Waals surface area contributed by atoms with E-state index in [1.165, 1.54) is 11.3 Å². The normalized spacial score (nSPS) is 20.5. The van der Waals surface area contributed by atoms with Crippen LogP contribution >= 0.6 is 11.3 Å². The smallest absolute Gasteiger partial charge is 0.302 e. The van der Waals surface area contributed by atoms with Gasteiger partial charge in [-0.2, -0.15) is 4.98 Å². The second-order valence-corrected chi connectivity index (χ2v) is 8.11. The van der Waals surface area contributed by atoms with Crippen LogP contribution in [0.15, 0.2) is 44.2 Å². The summed E-state index contributed by atoms with van der Waals surface area (Å²) in [6.45, 7) is 1.87. The number of amides is 1. The fourth-order valence-electron chi connectivity index (χ4n) is 4.22. The van der Waals surface area contributed by atoms with Crippen molar-refractivity contribution >= 4 is 51.2 Å². The van der Waals surface area contributed by atoms with Crippen LogP contribution in [0.1, 0.15) is 32.6 Å². The predicted molar refractivity (Wildman–Crippen MR) is 111 cm³/mol. The highest BCUT2D eigenvalue weighted by Gasteiger charge is 2.49. The molecule has 5 rings (SSSR count). The molecule has 1 spiro atoms. The number of nitrogens with zero attached hydrogens (tertiary/aromatic N) is 5. The maximum Gasteiger partial charge on any atom is 0.302 e. The number of nitrogens with one attached hydrogen (secondary N) is 2. The summed E-state index contributed by atoms with van der Waals surface area (Å²) in [5, 5.41) is 14.1. The summed E-state index contributed by atoms with van der Waals surface area (Å²) >= 11 is 1.29. The number of carbonyl (C=O) groups is 1. The molecule has 1 fully saturated rings. The Hall–Kier alpha value is -3.14. The monoisotopic (exact) mass is 409 g/mol. The number of hydrogen-bond acceptors (Lipinski definition) is 9. The Morgan fingerprint density at radius 3 is 2.86 bits per heavy atom. The largest absolute Gasteiger partial charge is 0.423 e. The van der Waals surface area contributed by atoms with E-state index in [0.717, 1.165) is 31.2 Å². The number of anilines is 2. The summed E-state index contributed by atoms with van der Waals surface area (Å²) in [5.74, 6) is -0.159. The van der Waals surface area contributed by atoms with Gasteiger partial charge in [0.05, 0.1) is 5.54 Å². The molecule has 9 nitrogen and oxygen atoms in total. The lowest BCUT2D eigenvalue weighted by atomic mass is 9.78. The number of carbonyl (C=O) groups excluding carboxylic acids is 1. The first-order valence-corrected chi connectivity index (χ1v) is 10.4. The van der Waals surface area contributed by atoms with E-state index in [1.807, 2.05) is 31.2 Å². The molecule has 3 heterocycles. The van der Waals surface area contributed by atoms with Crippen LogP contribution in [0.4, 0.5) is 11.1 Å². The fraction of sp³-hybridized carbons (Fsp3) is 0.368. The van der Waals surface area contributed by atoms with Crippen molar-refractivity contribution in [3.63, 3.8) is 0 Å². The van der Waals surface area contributed by atoms with Gasteiger partial charge in [0.1, 0.15) is 16.9 Å². The van der Waals surface area contributed by atoms with Crippen molar-refractivity contribution in [1.82, 2.24) is 15.2 Å². The van der Waals surface area contributed by atoms with Crippen LogP contribution in [0.2, 0.25) is 0 Å². The molecule has 1 aliphatic carbocycles. The zero-order chi connectivity index (χ0) is 19.8. The highest BCUT2D eigenvalue weighted by atomic mass is 32.1. The topological polar surface area (TPSA) is 118 Å². The molecule has 29 heavy (non-hydrogen) atoms. The molecular formula is C19H19N7O2S. The van der Waals surface area contributed by atoms with Gasteiger partial charge in [-0.25, -0.2) is 9.98 Å². The molecule has 1 aliphatic heterocycles. The molecule has 0 bridgehead atoms. The van der Waals surface area contributed by atoms with Crippen molar-refractivity contribution in [2.45, 2.75) is 38.1 Å². The number of fused-ring (bicyclic) bond motifs is 1. The highest BCUT2D eigenvalue weighted by molar-refractivity contribution is 7.13. The first-order chi connectivity index (χ1) is 14.1. The molecule has 3 aromatic rings. The maximum absolute atomic E-state index is 13.0. The van der Waals surface area contributed by atoms with Crippen LogP contribution in [-0.4, -0.2) is 38.3 Å². The van der Waals surface area contributed by atoms with E-state index in [0.29, 0.717) is 28.4 Å². The van der Waals surface area contributed by atoms with Gasteiger partial charge in [0, 0.05) is 5.71 Å². The Kier molecular flexibility index (Phi) is 4.35. The molecule has 1 unspecified atom stereocenters. The van der Waals surface area contributed by atoms with Gasteiger partial charge >= 0.3 is 6.01 Å². The van der Waals surface area contributed by atoms with Crippen LogP contribution in [0.5, 0.6) is 0 Å². The average Bonchev–Trinajstić information content (AvgIpc) is 3.42. The van der Waals surface area contributed by atoms with Gasteiger partial charge in [-0.1, -0.05) is 36.3 Å². The molecule has 1 aromatic carbocycles. The van der Waals surface area contributed by atoms with Gasteiger partial charge in [0.2, 0.25) is 17.0 Å². The molecule has 0 saturated heterocycles. The van der Waals surface area contributed by atoms with E-state index in [4.69, 9.17) is 9.41 Å². The van der Waals surface area contributed by atoms with Crippen molar-refractivity contribution in [2.75, 3.05) is 10.6 Å². The van der Waals surface area contributed by atoms with E-state index in [-0.39, 0.29) is 5.91 Å². The minimum absolute atomic E-state index is 0.144. The molecule has 1 atom stereocenters. The summed E-state index contributed by atoms with van der Waals surface area (Å²) < 4.78 is 5.74. The van der Waals surface area contributed by atoms with E-state index in [9.17, 15) is 4.79 Å². The van der Waals surface area contributed by atoms with Crippen LogP contribution < -0.4 is 10.6 Å². The zero-order valence-corrected chi connectivity index (χ0v) is 16.6. The highest BCUT2D eigenvalue weighted by Crippen LogP contribution is 2.43. The first-order valence-electron chi connectivity index (χ1n) is 9.48. The van der Waals surface area contributed by atoms with Crippen molar-refractivity contribution in [3.05, 3.63) is 29.8 Å². The molecule has 2 aliphatic rings. The number of para-hydroxylation sites is 2. The SMILES string of the molecule is CC1=NC(Nc2nc3ccccc3o2)=NC2(CCCC2)C1C(=O)Nc1nncs1. The van der Waals surface area contributed by atoms with Crippen LogP contribution in [0.25, 0.3) is 11.1 Å². The first kappa shape index (κ1) is 17.9. The van der Waals surface area contributed by atoms with Gasteiger partial charge in [-0.15, -0.1) is 10.2 Å². The lowest BCUT2D eigenvalue weighted by Crippen LogP contribution is -2.49. The van der Waals surface area contributed by atoms with E-state index >= 15 is 0 Å². The Morgan fingerprint density at radius 2 is 2.10 bits per heavy atom. The standard InChI is InChI=1S/C19H19N7O2S/c1-11-14(15(27)23-18-26-20-10-29-18)19(8-4-5-9-19)25-16(21-11)24-17-22-12-6-2-3-7-13(12)28-17/h2-3,6-7,10,14H,4-5,8-9H2,1H3,(H,22,24,25)(H,23,26,27). The number of aliphatic imine (C=N–C) groups is 2. The predicted octanol–water partition coefficient (Wildman–Crippen LogP) is 3.49. The Balaban J connectivity index is 1.44. The van der Waals surface area contributed by atoms with E-state index in [1.54, 1.807) is 5.51 Å². The Bertz CT molecular complexity index is 1080. The minimum Gasteiger partial charge on any atom is -0.423 e. The number of rotatable bonds is 3. The molecule has 2 aromatic heterocycles. The molecule has 10 heteroatoms. The van der Waals surface area contributed by atoms with E-state index < -0.39 is 11.5 Å². The maximum atomic E-state index is 13.0. The summed E-state index contributed by atoms with van der Waals surface area (Å²) in [5.41, 5.74) is 3.23. The number of guanidine groups is 1. The molecule has 2 N–H and O–H groups in total. The van der Waals surface area contributed by atoms with Gasteiger partial charge in [-0.05, 0) is 31.9 Å². The molecule has 148 valence electrons. The van der Waals surface area contributed by atoms with Crippen molar-refractivity contribution in [1.29, 1.82) is 0 Å². The summed E-state index contributed by atoms with van der Waals surface area (Å²) in [4.78, 5) is 26.9. The third kappa shape index (κ3) is 3.29. The lowest BCUT2D eigenvalue weighted by Gasteiger charge is -2.35. The van der Waals surface area contributed by atoms with Gasteiger partial charge in [0.25, 0.3) is 0 Å². The van der Waals surface area contributed by atoms with Gasteiger partial charge in [0.15, 0.2) is 5.58 Å². The Morgan fingerprint density at radius 1 is 1.28 bits per heavy atom. The van der Waals surface area contributed by atoms with E-state index in [2.05, 4.69) is 30.8 Å². The minimum atomic E-state index is -0.519. The number of aromatic nitrogens is 3. The number of oxazole rings is 1. The van der Waals surface area contributed by atoms with Gasteiger partial charge in [-0.3, -0.25) is 15.4 Å². The summed E-state index contributed by atoms with van der Waals surface area (Å²) in [6.07, 6.45) is 3.70. The van der Waals surface area contributed by atoms with Crippen molar-refractivity contribution in [3.8, 4) is 0 Å². The summed E-state index contributed by atoms with van der Waals surface area (Å²) in [6, 6.07) is 7.88. The van der Waals surface area contributed by atoms with Crippen LogP contribution in [0.3, 0.4) is 0 Å². The number of hydrogen-bond donors (Lipinski definition) is 2. The third-order valence-corrected chi connectivity index (χ3v) is 6.01. The lowest BCUT2D eigenvalue weighted by molar-refractivity contribution is -0.119. The second kappa shape index (κ2) is 7.03.